The van der Waals surface area contributed by atoms with Crippen molar-refractivity contribution in [2.45, 2.75) is 12.2 Å². The van der Waals surface area contributed by atoms with E-state index in [9.17, 15) is 10.2 Å². The maximum atomic E-state index is 9.51. The second-order valence-corrected chi connectivity index (χ2v) is 4.02. The van der Waals surface area contributed by atoms with Gasteiger partial charge in [-0.2, -0.15) is 11.3 Å². The lowest BCUT2D eigenvalue weighted by Gasteiger charge is -2.15. The zero-order chi connectivity index (χ0) is 9.14. The fraction of sp³-hybridized carbons (Fsp3) is 0.429. The minimum absolute atomic E-state index is 0.0590. The lowest BCUT2D eigenvalue weighted by molar-refractivity contribution is 0.0242. The van der Waals surface area contributed by atoms with Gasteiger partial charge in [0, 0.05) is 22.0 Å². The van der Waals surface area contributed by atoms with Gasteiger partial charge in [-0.1, -0.05) is 0 Å². The van der Waals surface area contributed by atoms with E-state index in [4.69, 9.17) is 5.73 Å². The standard InChI is InChI=1S/C7H10BrNO2S/c8-5-3-12-2-4(5)7(11)6(10)1-9/h2-3,6-7,10-11H,1,9H2. The Labute approximate surface area is 83.0 Å². The van der Waals surface area contributed by atoms with Crippen molar-refractivity contribution in [3.63, 3.8) is 0 Å². The SMILES string of the molecule is NCC(O)C(O)c1cscc1Br. The van der Waals surface area contributed by atoms with Crippen LogP contribution in [0, 0.1) is 0 Å². The van der Waals surface area contributed by atoms with Gasteiger partial charge in [-0.25, -0.2) is 0 Å². The quantitative estimate of drug-likeness (QED) is 0.747. The molecule has 0 aromatic carbocycles. The predicted molar refractivity (Wildman–Crippen MR) is 52.0 cm³/mol. The summed E-state index contributed by atoms with van der Waals surface area (Å²) in [5.74, 6) is 0. The van der Waals surface area contributed by atoms with Crippen LogP contribution in [0.4, 0.5) is 0 Å². The van der Waals surface area contributed by atoms with Gasteiger partial charge in [-0.05, 0) is 21.3 Å². The van der Waals surface area contributed by atoms with Crippen LogP contribution in [0.5, 0.6) is 0 Å². The lowest BCUT2D eigenvalue weighted by Crippen LogP contribution is -2.27. The second kappa shape index (κ2) is 4.34. The molecule has 1 aromatic rings. The molecule has 1 heterocycles. The van der Waals surface area contributed by atoms with E-state index in [1.54, 1.807) is 5.38 Å². The highest BCUT2D eigenvalue weighted by atomic mass is 79.9. The molecule has 0 bridgehead atoms. The lowest BCUT2D eigenvalue weighted by atomic mass is 10.1. The summed E-state index contributed by atoms with van der Waals surface area (Å²) in [7, 11) is 0. The molecule has 0 spiro atoms. The van der Waals surface area contributed by atoms with Crippen LogP contribution in [0.3, 0.4) is 0 Å². The van der Waals surface area contributed by atoms with E-state index < -0.39 is 12.2 Å². The molecular weight excluding hydrogens is 242 g/mol. The van der Waals surface area contributed by atoms with Crippen LogP contribution < -0.4 is 5.73 Å². The first-order chi connectivity index (χ1) is 5.66. The Balaban J connectivity index is 2.77. The van der Waals surface area contributed by atoms with Gasteiger partial charge in [-0.15, -0.1) is 0 Å². The Hall–Kier alpha value is 0.0600. The molecule has 0 aliphatic carbocycles. The van der Waals surface area contributed by atoms with Crippen molar-refractivity contribution >= 4 is 27.3 Å². The number of hydrogen-bond acceptors (Lipinski definition) is 4. The maximum absolute atomic E-state index is 9.51. The number of aliphatic hydroxyl groups excluding tert-OH is 2. The van der Waals surface area contributed by atoms with E-state index in [1.165, 1.54) is 11.3 Å². The van der Waals surface area contributed by atoms with Gasteiger partial charge < -0.3 is 15.9 Å². The van der Waals surface area contributed by atoms with Gasteiger partial charge >= 0.3 is 0 Å². The molecule has 0 saturated heterocycles. The highest BCUT2D eigenvalue weighted by Crippen LogP contribution is 2.28. The van der Waals surface area contributed by atoms with Crippen LogP contribution in [-0.4, -0.2) is 22.9 Å². The zero-order valence-corrected chi connectivity index (χ0v) is 8.68. The summed E-state index contributed by atoms with van der Waals surface area (Å²) in [5.41, 5.74) is 5.90. The fourth-order valence-corrected chi connectivity index (χ4v) is 2.40. The topological polar surface area (TPSA) is 66.5 Å². The van der Waals surface area contributed by atoms with Crippen LogP contribution in [0.2, 0.25) is 0 Å². The smallest absolute Gasteiger partial charge is 0.108 e. The van der Waals surface area contributed by atoms with E-state index in [0.717, 1.165) is 4.47 Å². The average Bonchev–Trinajstić information content (AvgIpc) is 2.48. The molecule has 4 N–H and O–H groups in total. The third-order valence-electron chi connectivity index (χ3n) is 1.57. The summed E-state index contributed by atoms with van der Waals surface area (Å²) in [4.78, 5) is 0. The van der Waals surface area contributed by atoms with E-state index in [-0.39, 0.29) is 6.54 Å². The molecule has 0 aliphatic rings. The van der Waals surface area contributed by atoms with Crippen LogP contribution in [-0.2, 0) is 0 Å². The molecule has 12 heavy (non-hydrogen) atoms. The van der Waals surface area contributed by atoms with Gasteiger partial charge in [-0.3, -0.25) is 0 Å². The van der Waals surface area contributed by atoms with Crippen LogP contribution in [0.25, 0.3) is 0 Å². The van der Waals surface area contributed by atoms with Crippen molar-refractivity contribution in [1.29, 1.82) is 0 Å². The van der Waals surface area contributed by atoms with Crippen LogP contribution >= 0.6 is 27.3 Å². The predicted octanol–water partition coefficient (Wildman–Crippen LogP) is 0.864. The van der Waals surface area contributed by atoms with E-state index in [2.05, 4.69) is 15.9 Å². The number of thiophene rings is 1. The summed E-state index contributed by atoms with van der Waals surface area (Å²) in [6.07, 6.45) is -1.79. The van der Waals surface area contributed by atoms with E-state index in [0.29, 0.717) is 5.56 Å². The molecule has 0 aliphatic heterocycles. The van der Waals surface area contributed by atoms with E-state index >= 15 is 0 Å². The summed E-state index contributed by atoms with van der Waals surface area (Å²) in [6.45, 7) is 0.0590. The minimum Gasteiger partial charge on any atom is -0.389 e. The number of nitrogens with two attached hydrogens (primary N) is 1. The Kier molecular flexibility index (Phi) is 3.67. The molecule has 1 rings (SSSR count). The molecule has 0 radical (unpaired) electrons. The highest BCUT2D eigenvalue weighted by Gasteiger charge is 2.19. The fourth-order valence-electron chi connectivity index (χ4n) is 0.839. The molecule has 0 saturated carbocycles. The van der Waals surface area contributed by atoms with Crippen molar-refractivity contribution in [3.05, 3.63) is 20.8 Å². The maximum Gasteiger partial charge on any atom is 0.108 e. The summed E-state index contributed by atoms with van der Waals surface area (Å²) in [5, 5.41) is 22.4. The normalized spacial score (nSPS) is 16.0. The van der Waals surface area contributed by atoms with Crippen LogP contribution in [0.15, 0.2) is 15.2 Å². The first kappa shape index (κ1) is 10.1. The molecule has 2 atom stereocenters. The van der Waals surface area contributed by atoms with Gasteiger partial charge in [0.2, 0.25) is 0 Å². The van der Waals surface area contributed by atoms with Crippen molar-refractivity contribution < 1.29 is 10.2 Å². The summed E-state index contributed by atoms with van der Waals surface area (Å²) >= 11 is 4.73. The van der Waals surface area contributed by atoms with Crippen molar-refractivity contribution in [3.8, 4) is 0 Å². The molecule has 0 amide bonds. The van der Waals surface area contributed by atoms with Gasteiger partial charge in [0.15, 0.2) is 0 Å². The average molecular weight is 252 g/mol. The number of rotatable bonds is 3. The monoisotopic (exact) mass is 251 g/mol. The molecule has 68 valence electrons. The van der Waals surface area contributed by atoms with Gasteiger partial charge in [0.25, 0.3) is 0 Å². The zero-order valence-electron chi connectivity index (χ0n) is 6.27. The Morgan fingerprint density at radius 3 is 2.58 bits per heavy atom. The summed E-state index contributed by atoms with van der Waals surface area (Å²) < 4.78 is 0.813. The third-order valence-corrected chi connectivity index (χ3v) is 3.32. The van der Waals surface area contributed by atoms with E-state index in [1.807, 2.05) is 5.38 Å². The Morgan fingerprint density at radius 1 is 1.50 bits per heavy atom. The third kappa shape index (κ3) is 2.05. The molecule has 0 fully saturated rings. The largest absolute Gasteiger partial charge is 0.389 e. The molecular formula is C7H10BrNO2S. The highest BCUT2D eigenvalue weighted by molar-refractivity contribution is 9.10. The first-order valence-corrected chi connectivity index (χ1v) is 5.18. The summed E-state index contributed by atoms with van der Waals surface area (Å²) in [6, 6.07) is 0. The Bertz CT molecular complexity index is 253. The molecule has 1 aromatic heterocycles. The van der Waals surface area contributed by atoms with Crippen LogP contribution in [0.1, 0.15) is 11.7 Å². The first-order valence-electron chi connectivity index (χ1n) is 3.44. The number of halogens is 1. The molecule has 2 unspecified atom stereocenters. The molecule has 5 heteroatoms. The van der Waals surface area contributed by atoms with Crippen molar-refractivity contribution in [2.75, 3.05) is 6.54 Å². The number of hydrogen-bond donors (Lipinski definition) is 3. The Morgan fingerprint density at radius 2 is 2.17 bits per heavy atom. The second-order valence-electron chi connectivity index (χ2n) is 2.42. The minimum atomic E-state index is -0.893. The van der Waals surface area contributed by atoms with Gasteiger partial charge in [0.05, 0.1) is 6.10 Å². The molecule has 3 nitrogen and oxygen atoms in total. The van der Waals surface area contributed by atoms with Gasteiger partial charge in [0.1, 0.15) is 6.10 Å². The number of aliphatic hydroxyl groups is 2. The van der Waals surface area contributed by atoms with Crippen molar-refractivity contribution in [2.24, 2.45) is 5.73 Å². The van der Waals surface area contributed by atoms with Crippen molar-refractivity contribution in [1.82, 2.24) is 0 Å².